The molecule has 1 aromatic heterocycles. The van der Waals surface area contributed by atoms with Crippen LogP contribution in [-0.4, -0.2) is 34.8 Å². The third kappa shape index (κ3) is 7.95. The molecule has 0 saturated heterocycles. The van der Waals surface area contributed by atoms with Gasteiger partial charge in [-0.05, 0) is 18.9 Å². The molecule has 0 aliphatic carbocycles. The molecule has 0 radical (unpaired) electrons. The molecule has 0 aliphatic heterocycles. The third-order valence-electron chi connectivity index (χ3n) is 2.80. The zero-order valence-corrected chi connectivity index (χ0v) is 12.6. The van der Waals surface area contributed by atoms with Gasteiger partial charge in [0.2, 0.25) is 0 Å². The van der Waals surface area contributed by atoms with Crippen molar-refractivity contribution >= 4 is 0 Å². The van der Waals surface area contributed by atoms with Gasteiger partial charge in [0.25, 0.3) is 0 Å². The highest BCUT2D eigenvalue weighted by Gasteiger charge is 2.01. The van der Waals surface area contributed by atoms with Gasteiger partial charge in [-0.3, -0.25) is 0 Å². The van der Waals surface area contributed by atoms with Crippen molar-refractivity contribution in [2.24, 2.45) is 5.92 Å². The summed E-state index contributed by atoms with van der Waals surface area (Å²) < 4.78 is 7.41. The van der Waals surface area contributed by atoms with Gasteiger partial charge in [-0.2, -0.15) is 0 Å². The second kappa shape index (κ2) is 9.92. The molecule has 0 bridgehead atoms. The number of rotatable bonds is 11. The first-order chi connectivity index (χ1) is 9.22. The van der Waals surface area contributed by atoms with Crippen LogP contribution in [0.5, 0.6) is 0 Å². The number of nitrogens with zero attached hydrogens (tertiary/aromatic N) is 3. The van der Waals surface area contributed by atoms with Crippen LogP contribution in [0.15, 0.2) is 6.20 Å². The van der Waals surface area contributed by atoms with Crippen LogP contribution in [0.1, 0.15) is 45.7 Å². The van der Waals surface area contributed by atoms with E-state index in [4.69, 9.17) is 4.74 Å². The van der Waals surface area contributed by atoms with Crippen molar-refractivity contribution in [1.82, 2.24) is 20.3 Å². The van der Waals surface area contributed by atoms with Crippen molar-refractivity contribution < 1.29 is 4.74 Å². The summed E-state index contributed by atoms with van der Waals surface area (Å²) in [5.74, 6) is 0.659. The van der Waals surface area contributed by atoms with Crippen LogP contribution in [0.25, 0.3) is 0 Å². The van der Waals surface area contributed by atoms with Crippen LogP contribution in [-0.2, 0) is 17.8 Å². The number of nitrogens with one attached hydrogen (secondary N) is 1. The van der Waals surface area contributed by atoms with Crippen molar-refractivity contribution in [1.29, 1.82) is 0 Å². The summed E-state index contributed by atoms with van der Waals surface area (Å²) in [6, 6.07) is 0. The van der Waals surface area contributed by atoms with E-state index in [1.807, 2.05) is 10.9 Å². The van der Waals surface area contributed by atoms with Gasteiger partial charge in [0.05, 0.1) is 18.8 Å². The van der Waals surface area contributed by atoms with E-state index >= 15 is 0 Å². The molecule has 1 rings (SSSR count). The Balaban J connectivity index is 2.09. The summed E-state index contributed by atoms with van der Waals surface area (Å²) in [5.41, 5.74) is 0.992. The van der Waals surface area contributed by atoms with E-state index in [0.717, 1.165) is 38.4 Å². The van der Waals surface area contributed by atoms with Gasteiger partial charge >= 0.3 is 0 Å². The average molecular weight is 268 g/mol. The largest absolute Gasteiger partial charge is 0.380 e. The maximum absolute atomic E-state index is 5.56. The Labute approximate surface area is 116 Å². The Hall–Kier alpha value is -0.940. The Kier molecular flexibility index (Phi) is 8.41. The molecule has 0 unspecified atom stereocenters. The second-order valence-electron chi connectivity index (χ2n) is 5.32. The fourth-order valence-corrected chi connectivity index (χ4v) is 1.73. The lowest BCUT2D eigenvalue weighted by atomic mass is 10.2. The summed E-state index contributed by atoms with van der Waals surface area (Å²) in [6.07, 6.45) is 5.62. The number of ether oxygens (including phenoxy) is 1. The standard InChI is InChI=1S/C14H28N4O/c1-4-5-6-8-19-9-7-18-12-14(16-17-18)11-15-10-13(2)3/h12-13,15H,4-11H2,1-3H3. The van der Waals surface area contributed by atoms with Crippen molar-refractivity contribution in [3.05, 3.63) is 11.9 Å². The Morgan fingerprint density at radius 3 is 2.89 bits per heavy atom. The van der Waals surface area contributed by atoms with Gasteiger partial charge in [-0.15, -0.1) is 5.10 Å². The maximum Gasteiger partial charge on any atom is 0.0964 e. The normalized spacial score (nSPS) is 11.4. The molecule has 0 amide bonds. The van der Waals surface area contributed by atoms with Crippen molar-refractivity contribution in [3.63, 3.8) is 0 Å². The molecule has 1 aromatic rings. The van der Waals surface area contributed by atoms with Crippen LogP contribution in [0.2, 0.25) is 0 Å². The van der Waals surface area contributed by atoms with Gasteiger partial charge in [0, 0.05) is 19.3 Å². The highest BCUT2D eigenvalue weighted by Crippen LogP contribution is 1.96. The average Bonchev–Trinajstić information content (AvgIpc) is 2.81. The summed E-state index contributed by atoms with van der Waals surface area (Å²) in [4.78, 5) is 0. The Bertz CT molecular complexity index is 325. The topological polar surface area (TPSA) is 52.0 Å². The second-order valence-corrected chi connectivity index (χ2v) is 5.32. The van der Waals surface area contributed by atoms with E-state index < -0.39 is 0 Å². The summed E-state index contributed by atoms with van der Waals surface area (Å²) in [5, 5.41) is 11.6. The summed E-state index contributed by atoms with van der Waals surface area (Å²) in [6.45, 7) is 10.7. The molecular weight excluding hydrogens is 240 g/mol. The van der Waals surface area contributed by atoms with Gasteiger partial charge in [0.15, 0.2) is 0 Å². The van der Waals surface area contributed by atoms with Crippen LogP contribution < -0.4 is 5.32 Å². The van der Waals surface area contributed by atoms with E-state index in [1.54, 1.807) is 0 Å². The molecule has 0 aromatic carbocycles. The molecular formula is C14H28N4O. The van der Waals surface area contributed by atoms with Crippen LogP contribution in [0.3, 0.4) is 0 Å². The third-order valence-corrected chi connectivity index (χ3v) is 2.80. The first kappa shape index (κ1) is 16.1. The maximum atomic E-state index is 5.56. The molecule has 0 fully saturated rings. The lowest BCUT2D eigenvalue weighted by Gasteiger charge is -2.04. The molecule has 1 N–H and O–H groups in total. The van der Waals surface area contributed by atoms with Crippen molar-refractivity contribution in [2.45, 2.75) is 53.1 Å². The molecule has 110 valence electrons. The SMILES string of the molecule is CCCCCOCCn1cc(CNCC(C)C)nn1. The number of hydrogen-bond donors (Lipinski definition) is 1. The van der Waals surface area contributed by atoms with Crippen molar-refractivity contribution in [3.8, 4) is 0 Å². The van der Waals surface area contributed by atoms with Crippen LogP contribution in [0.4, 0.5) is 0 Å². The first-order valence-electron chi connectivity index (χ1n) is 7.39. The number of hydrogen-bond acceptors (Lipinski definition) is 4. The molecule has 0 saturated carbocycles. The molecule has 0 spiro atoms. The summed E-state index contributed by atoms with van der Waals surface area (Å²) in [7, 11) is 0. The summed E-state index contributed by atoms with van der Waals surface area (Å²) >= 11 is 0. The Morgan fingerprint density at radius 1 is 1.32 bits per heavy atom. The van der Waals surface area contributed by atoms with Crippen LogP contribution in [0, 0.1) is 5.92 Å². The smallest absolute Gasteiger partial charge is 0.0964 e. The van der Waals surface area contributed by atoms with Crippen LogP contribution >= 0.6 is 0 Å². The monoisotopic (exact) mass is 268 g/mol. The molecule has 5 heteroatoms. The minimum Gasteiger partial charge on any atom is -0.380 e. The number of unbranched alkanes of at least 4 members (excludes halogenated alkanes) is 2. The van der Waals surface area contributed by atoms with E-state index in [1.165, 1.54) is 12.8 Å². The molecule has 0 atom stereocenters. The van der Waals surface area contributed by atoms with Gasteiger partial charge in [-0.1, -0.05) is 38.8 Å². The van der Waals surface area contributed by atoms with Gasteiger partial charge in [-0.25, -0.2) is 4.68 Å². The lowest BCUT2D eigenvalue weighted by Crippen LogP contribution is -2.19. The number of aromatic nitrogens is 3. The fourth-order valence-electron chi connectivity index (χ4n) is 1.73. The molecule has 0 aliphatic rings. The molecule has 19 heavy (non-hydrogen) atoms. The highest BCUT2D eigenvalue weighted by atomic mass is 16.5. The predicted octanol–water partition coefficient (Wildman–Crippen LogP) is 2.23. The zero-order valence-electron chi connectivity index (χ0n) is 12.6. The molecule has 5 nitrogen and oxygen atoms in total. The van der Waals surface area contributed by atoms with Crippen molar-refractivity contribution in [2.75, 3.05) is 19.8 Å². The van der Waals surface area contributed by atoms with E-state index in [-0.39, 0.29) is 0 Å². The minimum absolute atomic E-state index is 0.659. The first-order valence-corrected chi connectivity index (χ1v) is 7.39. The predicted molar refractivity (Wildman–Crippen MR) is 76.9 cm³/mol. The highest BCUT2D eigenvalue weighted by molar-refractivity contribution is 4.91. The van der Waals surface area contributed by atoms with E-state index in [2.05, 4.69) is 36.4 Å². The van der Waals surface area contributed by atoms with E-state index in [0.29, 0.717) is 12.5 Å². The van der Waals surface area contributed by atoms with Gasteiger partial charge < -0.3 is 10.1 Å². The zero-order chi connectivity index (χ0) is 13.9. The van der Waals surface area contributed by atoms with E-state index in [9.17, 15) is 0 Å². The lowest BCUT2D eigenvalue weighted by molar-refractivity contribution is 0.119. The fraction of sp³-hybridized carbons (Fsp3) is 0.857. The minimum atomic E-state index is 0.659. The Morgan fingerprint density at radius 2 is 2.16 bits per heavy atom. The van der Waals surface area contributed by atoms with Gasteiger partial charge in [0.1, 0.15) is 0 Å². The quantitative estimate of drug-likeness (QED) is 0.625. The molecule has 1 heterocycles.